The van der Waals surface area contributed by atoms with Gasteiger partial charge in [0, 0.05) is 0 Å². The van der Waals surface area contributed by atoms with Gasteiger partial charge in [-0.25, -0.2) is 0 Å². The molecule has 21 nitrogen and oxygen atoms in total. The van der Waals surface area contributed by atoms with Gasteiger partial charge in [-0.3, -0.25) is 0 Å². The molecule has 0 heterocycles. The summed E-state index contributed by atoms with van der Waals surface area (Å²) in [5.41, 5.74) is 0. The van der Waals surface area contributed by atoms with Crippen molar-refractivity contribution in [2.45, 2.75) is 0 Å². The van der Waals surface area contributed by atoms with Gasteiger partial charge in [-0.05, 0) is 0 Å². The van der Waals surface area contributed by atoms with Gasteiger partial charge in [0.15, 0.2) is 0 Å². The van der Waals surface area contributed by atoms with Crippen LogP contribution in [0.15, 0.2) is 0 Å². The molecule has 0 aromatic rings. The van der Waals surface area contributed by atoms with Crippen molar-refractivity contribution in [3.63, 3.8) is 0 Å². The van der Waals surface area contributed by atoms with E-state index < -0.39 is 46.9 Å². The third-order valence-corrected chi connectivity index (χ3v) is 5.40. The maximum absolute atomic E-state index is 9.32. The minimum Gasteiger partial charge on any atom is -0.790 e. The van der Waals surface area contributed by atoms with Gasteiger partial charge >= 0.3 is 79.2 Å². The normalized spacial score (nSPS) is 12.0. The minimum absolute atomic E-state index is 0. The molecule has 0 spiro atoms. The molecular weight excluding hydrogens is 801 g/mol. The zero-order chi connectivity index (χ0) is 23.1. The summed E-state index contributed by atoms with van der Waals surface area (Å²) >= 11 is 0. The Kier molecular flexibility index (Phi) is 32.0. The molecule has 0 aliphatic carbocycles. The Balaban J connectivity index is -0.0000000524. The number of hydrogen-bond acceptors (Lipinski definition) is 21. The molecule has 31 heteroatoms. The maximum atomic E-state index is 9.32. The van der Waals surface area contributed by atoms with E-state index in [1.165, 1.54) is 0 Å². The monoisotopic (exact) mass is 797 g/mol. The van der Waals surface area contributed by atoms with Gasteiger partial charge < -0.3 is 99.0 Å². The van der Waals surface area contributed by atoms with Crippen molar-refractivity contribution in [2.24, 2.45) is 0 Å². The zero-order valence-electron chi connectivity index (χ0n) is 13.6. The maximum Gasteiger partial charge on any atom is 3.00 e. The fourth-order valence-electron chi connectivity index (χ4n) is 0.367. The van der Waals surface area contributed by atoms with Crippen LogP contribution in [0.1, 0.15) is 0 Å². The molecule has 31 heavy (non-hydrogen) atoms. The van der Waals surface area contributed by atoms with E-state index in [2.05, 4.69) is 12.9 Å². The first-order valence-corrected chi connectivity index (χ1v) is 13.1. The van der Waals surface area contributed by atoms with Crippen molar-refractivity contribution in [1.29, 1.82) is 0 Å². The molecule has 0 N–H and O–H groups in total. The van der Waals surface area contributed by atoms with E-state index >= 15 is 0 Å². The standard InChI is InChI=1S/4Ga.3H4O7P2/c;;;;3*1-8(2,3)7-9(4,5)6/h;;;;3*(H2,1,2,3)(H2,4,5,6)/q4*+3;;;/p-12. The summed E-state index contributed by atoms with van der Waals surface area (Å²) in [5.74, 6) is 0. The van der Waals surface area contributed by atoms with E-state index in [0.29, 0.717) is 0 Å². The van der Waals surface area contributed by atoms with Crippen molar-refractivity contribution in [1.82, 2.24) is 0 Å². The van der Waals surface area contributed by atoms with E-state index in [9.17, 15) is 86.1 Å². The van der Waals surface area contributed by atoms with Gasteiger partial charge in [-0.15, -0.1) is 0 Å². The van der Waals surface area contributed by atoms with Gasteiger partial charge in [-0.2, -0.15) is 0 Å². The van der Waals surface area contributed by atoms with Crippen molar-refractivity contribution < 1.29 is 99.0 Å². The van der Waals surface area contributed by atoms with Crippen LogP contribution < -0.4 is 58.7 Å². The first-order valence-electron chi connectivity index (χ1n) is 4.38. The molecular formula is Ga4O21P6. The molecule has 168 valence electrons. The van der Waals surface area contributed by atoms with E-state index in [4.69, 9.17) is 0 Å². The van der Waals surface area contributed by atoms with Gasteiger partial charge in [0.2, 0.25) is 0 Å². The van der Waals surface area contributed by atoms with Crippen LogP contribution in [0.5, 0.6) is 0 Å². The molecule has 0 aliphatic rings. The van der Waals surface area contributed by atoms with Crippen LogP contribution in [0, 0.1) is 0 Å². The Hall–Kier alpha value is 3.33. The topological polar surface area (TPSA) is 407 Å². The fourth-order valence-corrected chi connectivity index (χ4v) is 3.31. The van der Waals surface area contributed by atoms with Crippen LogP contribution in [-0.2, 0) is 40.3 Å². The molecule has 0 radical (unpaired) electrons. The van der Waals surface area contributed by atoms with E-state index in [1.54, 1.807) is 0 Å². The molecule has 0 saturated carbocycles. The molecule has 0 unspecified atom stereocenters. The van der Waals surface area contributed by atoms with Crippen molar-refractivity contribution in [3.8, 4) is 0 Å². The number of phosphoric acid groups is 6. The van der Waals surface area contributed by atoms with Crippen LogP contribution in [0.4, 0.5) is 0 Å². The summed E-state index contributed by atoms with van der Waals surface area (Å²) in [7, 11) is -34.1. The quantitative estimate of drug-likeness (QED) is 0.178. The molecule has 0 aromatic heterocycles. The molecule has 0 atom stereocenters. The number of rotatable bonds is 6. The molecule has 0 fully saturated rings. The van der Waals surface area contributed by atoms with Crippen LogP contribution >= 0.6 is 46.9 Å². The van der Waals surface area contributed by atoms with Crippen LogP contribution in [0.2, 0.25) is 0 Å². The average Bonchev–Trinajstić information content (AvgIpc) is 1.96. The third-order valence-electron chi connectivity index (χ3n) is 0.600. The first kappa shape index (κ1) is 51.1. The smallest absolute Gasteiger partial charge is 0.790 e. The first-order chi connectivity index (χ1) is 11.1. The second-order valence-electron chi connectivity index (χ2n) is 2.93. The van der Waals surface area contributed by atoms with Crippen LogP contribution in [0.3, 0.4) is 0 Å². The van der Waals surface area contributed by atoms with Gasteiger partial charge in [0.05, 0.1) is 46.9 Å². The summed E-state index contributed by atoms with van der Waals surface area (Å²) in [6, 6.07) is 0. The summed E-state index contributed by atoms with van der Waals surface area (Å²) in [4.78, 5) is 112. The molecule has 0 rings (SSSR count). The predicted molar refractivity (Wildman–Crippen MR) is 71.9 cm³/mol. The SMILES string of the molecule is O=P([O-])([O-])OP(=O)([O-])[O-].O=P([O-])([O-])OP(=O)([O-])[O-].O=P([O-])([O-])OP(=O)([O-])[O-].[Ga+3].[Ga+3].[Ga+3].[Ga+3]. The van der Waals surface area contributed by atoms with Gasteiger partial charge in [0.25, 0.3) is 0 Å². The second-order valence-corrected chi connectivity index (χ2v) is 10.3. The minimum atomic E-state index is -5.68. The molecule has 0 aromatic carbocycles. The second kappa shape index (κ2) is 19.4. The summed E-state index contributed by atoms with van der Waals surface area (Å²) in [6.45, 7) is 0. The van der Waals surface area contributed by atoms with Crippen molar-refractivity contribution in [2.75, 3.05) is 0 Å². The number of hydrogen-bond donors (Lipinski definition) is 0. The van der Waals surface area contributed by atoms with Crippen LogP contribution in [0.25, 0.3) is 0 Å². The molecule has 0 amide bonds. The Morgan fingerprint density at radius 3 is 0.355 bits per heavy atom. The molecule has 0 bridgehead atoms. The summed E-state index contributed by atoms with van der Waals surface area (Å²) in [6.07, 6.45) is 0. The Morgan fingerprint density at radius 1 is 0.290 bits per heavy atom. The Bertz CT molecular complexity index is 559. The molecule has 0 aliphatic heterocycles. The van der Waals surface area contributed by atoms with E-state index in [-0.39, 0.29) is 79.2 Å². The third kappa shape index (κ3) is 71.9. The van der Waals surface area contributed by atoms with Crippen molar-refractivity contribution in [3.05, 3.63) is 0 Å². The molecule has 0 saturated heterocycles. The van der Waals surface area contributed by atoms with Gasteiger partial charge in [-0.1, -0.05) is 0 Å². The van der Waals surface area contributed by atoms with Crippen molar-refractivity contribution >= 4 is 126 Å². The fraction of sp³-hybridized carbons (Fsp3) is 0. The zero-order valence-corrected chi connectivity index (χ0v) is 28.6. The summed E-state index contributed by atoms with van der Waals surface area (Å²) < 4.78 is 63.5. The van der Waals surface area contributed by atoms with Gasteiger partial charge in [0.1, 0.15) is 0 Å². The average molecular weight is 801 g/mol. The Labute approximate surface area is 223 Å². The van der Waals surface area contributed by atoms with E-state index in [0.717, 1.165) is 0 Å². The largest absolute Gasteiger partial charge is 3.00 e. The van der Waals surface area contributed by atoms with Crippen LogP contribution in [-0.4, -0.2) is 79.2 Å². The predicted octanol–water partition coefficient (Wildman–Crippen LogP) is -11.5. The summed E-state index contributed by atoms with van der Waals surface area (Å²) in [5, 5.41) is 0. The Morgan fingerprint density at radius 2 is 0.355 bits per heavy atom. The van der Waals surface area contributed by atoms with E-state index in [1.807, 2.05) is 0 Å².